The smallest absolute Gasteiger partial charge is 0.314 e. The Balaban J connectivity index is 1.63. The lowest BCUT2D eigenvalue weighted by atomic mass is 9.85. The summed E-state index contributed by atoms with van der Waals surface area (Å²) in [5.74, 6) is -1.59. The van der Waals surface area contributed by atoms with Crippen molar-refractivity contribution in [3.05, 3.63) is 35.6 Å². The number of hydrogen-bond acceptors (Lipinski definition) is 2. The maximum Gasteiger partial charge on any atom is 0.391 e. The molecule has 1 aromatic carbocycles. The molecule has 0 saturated heterocycles. The third kappa shape index (κ3) is 5.61. The molecule has 0 heterocycles. The van der Waals surface area contributed by atoms with Gasteiger partial charge in [0.15, 0.2) is 5.78 Å². The standard InChI is InChI=1S/C17H21F4NO/c18-14-7-3-12(4-8-14)16(23)2-1-11-22-15-9-5-13(6-10-15)17(19,20)21/h3-4,7-8,13,15,22H,1-2,5-6,9-11H2. The van der Waals surface area contributed by atoms with Crippen LogP contribution in [0.2, 0.25) is 0 Å². The number of hydrogen-bond donors (Lipinski definition) is 1. The molecule has 0 unspecified atom stereocenters. The van der Waals surface area contributed by atoms with Gasteiger partial charge in [0, 0.05) is 18.0 Å². The summed E-state index contributed by atoms with van der Waals surface area (Å²) in [7, 11) is 0. The lowest BCUT2D eigenvalue weighted by molar-refractivity contribution is -0.182. The first kappa shape index (κ1) is 17.9. The van der Waals surface area contributed by atoms with Gasteiger partial charge in [0.2, 0.25) is 0 Å². The average Bonchev–Trinajstić information content (AvgIpc) is 2.51. The predicted molar refractivity (Wildman–Crippen MR) is 79.8 cm³/mol. The Hall–Kier alpha value is -1.43. The summed E-state index contributed by atoms with van der Waals surface area (Å²) in [6.45, 7) is 0.605. The van der Waals surface area contributed by atoms with Gasteiger partial charge in [0.25, 0.3) is 0 Å². The zero-order valence-corrected chi connectivity index (χ0v) is 12.8. The minimum absolute atomic E-state index is 0.0485. The van der Waals surface area contributed by atoms with Gasteiger partial charge in [0.1, 0.15) is 5.82 Å². The van der Waals surface area contributed by atoms with Gasteiger partial charge in [-0.1, -0.05) is 0 Å². The van der Waals surface area contributed by atoms with Crippen LogP contribution in [-0.2, 0) is 0 Å². The molecule has 128 valence electrons. The van der Waals surface area contributed by atoms with Gasteiger partial charge in [-0.3, -0.25) is 4.79 Å². The van der Waals surface area contributed by atoms with Crippen LogP contribution in [0.25, 0.3) is 0 Å². The van der Waals surface area contributed by atoms with E-state index in [0.717, 1.165) is 0 Å². The fraction of sp³-hybridized carbons (Fsp3) is 0.588. The molecule has 1 aromatic rings. The summed E-state index contributed by atoms with van der Waals surface area (Å²) in [5, 5.41) is 3.23. The highest BCUT2D eigenvalue weighted by atomic mass is 19.4. The van der Waals surface area contributed by atoms with Crippen LogP contribution in [0.5, 0.6) is 0 Å². The molecule has 0 spiro atoms. The maximum atomic E-state index is 12.8. The van der Waals surface area contributed by atoms with Gasteiger partial charge >= 0.3 is 6.18 Å². The number of nitrogens with one attached hydrogen (secondary N) is 1. The summed E-state index contributed by atoms with van der Waals surface area (Å²) >= 11 is 0. The highest BCUT2D eigenvalue weighted by Crippen LogP contribution is 2.37. The number of rotatable bonds is 6. The molecule has 0 aliphatic heterocycles. The largest absolute Gasteiger partial charge is 0.391 e. The van der Waals surface area contributed by atoms with Crippen molar-refractivity contribution >= 4 is 5.78 Å². The minimum atomic E-state index is -4.08. The first-order valence-electron chi connectivity index (χ1n) is 7.95. The third-order valence-electron chi connectivity index (χ3n) is 4.37. The Morgan fingerprint density at radius 3 is 2.26 bits per heavy atom. The predicted octanol–water partition coefficient (Wildman–Crippen LogP) is 4.50. The van der Waals surface area contributed by atoms with Crippen LogP contribution in [0.1, 0.15) is 48.9 Å². The zero-order chi connectivity index (χ0) is 16.9. The lowest BCUT2D eigenvalue weighted by Crippen LogP contribution is -2.37. The summed E-state index contributed by atoms with van der Waals surface area (Å²) in [5.41, 5.74) is 0.483. The van der Waals surface area contributed by atoms with E-state index in [0.29, 0.717) is 37.8 Å². The topological polar surface area (TPSA) is 29.1 Å². The molecule has 0 aromatic heterocycles. The first-order chi connectivity index (χ1) is 10.9. The fourth-order valence-electron chi connectivity index (χ4n) is 2.96. The normalized spacial score (nSPS) is 22.1. The van der Waals surface area contributed by atoms with Crippen LogP contribution in [0.4, 0.5) is 17.6 Å². The zero-order valence-electron chi connectivity index (χ0n) is 12.8. The maximum absolute atomic E-state index is 12.8. The molecule has 0 amide bonds. The van der Waals surface area contributed by atoms with Crippen molar-refractivity contribution in [1.29, 1.82) is 0 Å². The third-order valence-corrected chi connectivity index (χ3v) is 4.37. The number of benzene rings is 1. The van der Waals surface area contributed by atoms with Crippen molar-refractivity contribution < 1.29 is 22.4 Å². The van der Waals surface area contributed by atoms with Crippen LogP contribution in [0, 0.1) is 11.7 Å². The van der Waals surface area contributed by atoms with E-state index in [9.17, 15) is 22.4 Å². The van der Waals surface area contributed by atoms with Crippen molar-refractivity contribution in [3.63, 3.8) is 0 Å². The second-order valence-electron chi connectivity index (χ2n) is 6.08. The molecular formula is C17H21F4NO. The molecule has 0 radical (unpaired) electrons. The summed E-state index contributed by atoms with van der Waals surface area (Å²) < 4.78 is 50.5. The van der Waals surface area contributed by atoms with E-state index in [1.807, 2.05) is 0 Å². The average molecular weight is 331 g/mol. The molecule has 1 fully saturated rings. The second kappa shape index (κ2) is 7.90. The Labute approximate surface area is 133 Å². The van der Waals surface area contributed by atoms with Gasteiger partial charge in [0.05, 0.1) is 5.92 Å². The Bertz CT molecular complexity index is 504. The molecular weight excluding hydrogens is 310 g/mol. The molecule has 23 heavy (non-hydrogen) atoms. The monoisotopic (exact) mass is 331 g/mol. The van der Waals surface area contributed by atoms with E-state index in [-0.39, 0.29) is 30.5 Å². The van der Waals surface area contributed by atoms with E-state index in [1.165, 1.54) is 24.3 Å². The SMILES string of the molecule is O=C(CCCNC1CCC(C(F)(F)F)CC1)c1ccc(F)cc1. The molecule has 1 aliphatic rings. The van der Waals surface area contributed by atoms with Crippen molar-refractivity contribution in [1.82, 2.24) is 5.32 Å². The minimum Gasteiger partial charge on any atom is -0.314 e. The Morgan fingerprint density at radius 2 is 1.70 bits per heavy atom. The van der Waals surface area contributed by atoms with Crippen molar-refractivity contribution in [2.75, 3.05) is 6.54 Å². The van der Waals surface area contributed by atoms with Crippen LogP contribution in [0.3, 0.4) is 0 Å². The van der Waals surface area contributed by atoms with E-state index >= 15 is 0 Å². The van der Waals surface area contributed by atoms with E-state index < -0.39 is 12.1 Å². The number of carbonyl (C=O) groups is 1. The van der Waals surface area contributed by atoms with E-state index in [1.54, 1.807) is 0 Å². The highest BCUT2D eigenvalue weighted by Gasteiger charge is 2.41. The van der Waals surface area contributed by atoms with Crippen LogP contribution in [-0.4, -0.2) is 24.5 Å². The van der Waals surface area contributed by atoms with Gasteiger partial charge in [-0.25, -0.2) is 4.39 Å². The highest BCUT2D eigenvalue weighted by molar-refractivity contribution is 5.95. The van der Waals surface area contributed by atoms with Crippen LogP contribution < -0.4 is 5.32 Å². The number of Topliss-reactive ketones (excluding diaryl/α,β-unsaturated/α-hetero) is 1. The summed E-state index contributed by atoms with van der Waals surface area (Å²) in [4.78, 5) is 11.9. The number of ketones is 1. The molecule has 0 bridgehead atoms. The van der Waals surface area contributed by atoms with Crippen LogP contribution in [0.15, 0.2) is 24.3 Å². The lowest BCUT2D eigenvalue weighted by Gasteiger charge is -2.30. The molecule has 1 N–H and O–H groups in total. The Morgan fingerprint density at radius 1 is 1.09 bits per heavy atom. The Kier molecular flexibility index (Phi) is 6.16. The molecule has 0 atom stereocenters. The second-order valence-corrected chi connectivity index (χ2v) is 6.08. The van der Waals surface area contributed by atoms with Crippen molar-refractivity contribution in [2.24, 2.45) is 5.92 Å². The summed E-state index contributed by atoms with van der Waals surface area (Å²) in [6, 6.07) is 5.54. The summed E-state index contributed by atoms with van der Waals surface area (Å²) in [6.07, 6.45) is -1.71. The first-order valence-corrected chi connectivity index (χ1v) is 7.95. The van der Waals surface area contributed by atoms with Crippen molar-refractivity contribution in [2.45, 2.75) is 50.7 Å². The number of carbonyl (C=O) groups excluding carboxylic acids is 1. The van der Waals surface area contributed by atoms with Gasteiger partial charge < -0.3 is 5.32 Å². The molecule has 2 nitrogen and oxygen atoms in total. The number of alkyl halides is 3. The number of halogens is 4. The van der Waals surface area contributed by atoms with Gasteiger partial charge in [-0.05, 0) is 62.9 Å². The van der Waals surface area contributed by atoms with Crippen molar-refractivity contribution in [3.8, 4) is 0 Å². The molecule has 1 saturated carbocycles. The van der Waals surface area contributed by atoms with Gasteiger partial charge in [-0.2, -0.15) is 13.2 Å². The van der Waals surface area contributed by atoms with Crippen LogP contribution >= 0.6 is 0 Å². The van der Waals surface area contributed by atoms with E-state index in [2.05, 4.69) is 5.32 Å². The molecule has 6 heteroatoms. The van der Waals surface area contributed by atoms with E-state index in [4.69, 9.17) is 0 Å². The molecule has 2 rings (SSSR count). The quantitative estimate of drug-likeness (QED) is 0.472. The fourth-order valence-corrected chi connectivity index (χ4v) is 2.96. The molecule has 1 aliphatic carbocycles. The van der Waals surface area contributed by atoms with Gasteiger partial charge in [-0.15, -0.1) is 0 Å².